The van der Waals surface area contributed by atoms with E-state index in [1.807, 2.05) is 6.92 Å². The lowest BCUT2D eigenvalue weighted by molar-refractivity contribution is 0.0934. The van der Waals surface area contributed by atoms with Crippen molar-refractivity contribution < 1.29 is 9.47 Å². The fourth-order valence-electron chi connectivity index (χ4n) is 0.369. The number of rotatable bonds is 5. The van der Waals surface area contributed by atoms with E-state index in [2.05, 4.69) is 12.3 Å². The molecule has 0 saturated heterocycles. The maximum Gasteiger partial charge on any atom is 0.125 e. The summed E-state index contributed by atoms with van der Waals surface area (Å²) in [6, 6.07) is 0. The fourth-order valence-corrected chi connectivity index (χ4v) is 0.369. The van der Waals surface area contributed by atoms with Gasteiger partial charge in [-0.1, -0.05) is 12.3 Å². The van der Waals surface area contributed by atoms with Gasteiger partial charge < -0.3 is 9.47 Å². The minimum atomic E-state index is 0.580. The minimum absolute atomic E-state index is 0.580. The quantitative estimate of drug-likeness (QED) is 0.316. The zero-order chi connectivity index (χ0) is 6.95. The van der Waals surface area contributed by atoms with Crippen molar-refractivity contribution in [1.82, 2.24) is 0 Å². The fraction of sp³-hybridized carbons (Fsp3) is 0.571. The summed E-state index contributed by atoms with van der Waals surface area (Å²) < 4.78 is 9.85. The molecular weight excluding hydrogens is 116 g/mol. The van der Waals surface area contributed by atoms with Gasteiger partial charge in [-0.25, -0.2) is 0 Å². The Kier molecular flexibility index (Phi) is 6.70. The van der Waals surface area contributed by atoms with Crippen LogP contribution in [0.3, 0.4) is 0 Å². The van der Waals surface area contributed by atoms with Crippen molar-refractivity contribution >= 4 is 0 Å². The smallest absolute Gasteiger partial charge is 0.125 e. The third-order valence-corrected chi connectivity index (χ3v) is 0.716. The molecule has 9 heavy (non-hydrogen) atoms. The van der Waals surface area contributed by atoms with E-state index in [4.69, 9.17) is 9.47 Å². The van der Waals surface area contributed by atoms with Crippen molar-refractivity contribution in [2.75, 3.05) is 19.8 Å². The first kappa shape index (κ1) is 8.28. The lowest BCUT2D eigenvalue weighted by atomic mass is 10.7. The molecule has 0 saturated carbocycles. The molecular formula is C7H12O2. The summed E-state index contributed by atoms with van der Waals surface area (Å²) in [4.78, 5) is 0. The van der Waals surface area contributed by atoms with Gasteiger partial charge in [0.2, 0.25) is 0 Å². The zero-order valence-electron chi connectivity index (χ0n) is 5.72. The van der Waals surface area contributed by atoms with E-state index >= 15 is 0 Å². The molecule has 0 rings (SSSR count). The van der Waals surface area contributed by atoms with Crippen LogP contribution in [-0.4, -0.2) is 19.8 Å². The van der Waals surface area contributed by atoms with Gasteiger partial charge >= 0.3 is 0 Å². The highest BCUT2D eigenvalue weighted by Crippen LogP contribution is 1.76. The van der Waals surface area contributed by atoms with E-state index in [1.165, 1.54) is 6.26 Å². The van der Waals surface area contributed by atoms with E-state index in [-0.39, 0.29) is 0 Å². The normalized spacial score (nSPS) is 8.11. The molecule has 0 aliphatic heterocycles. The third kappa shape index (κ3) is 7.28. The lowest BCUT2D eigenvalue weighted by Gasteiger charge is -1.98. The predicted octanol–water partition coefficient (Wildman–Crippen LogP) is 1.34. The average Bonchev–Trinajstić information content (AvgIpc) is 1.89. The second kappa shape index (κ2) is 7.28. The summed E-state index contributed by atoms with van der Waals surface area (Å²) in [6.07, 6.45) is 1.43. The van der Waals surface area contributed by atoms with E-state index in [0.717, 1.165) is 6.61 Å². The second-order valence-corrected chi connectivity index (χ2v) is 1.39. The van der Waals surface area contributed by atoms with Crippen LogP contribution in [0.5, 0.6) is 0 Å². The molecule has 0 amide bonds. The van der Waals surface area contributed by atoms with Crippen LogP contribution in [0.4, 0.5) is 0 Å². The summed E-state index contributed by atoms with van der Waals surface area (Å²) in [7, 11) is 0. The SMILES string of the molecule is C=C=COCCOCC. The summed E-state index contributed by atoms with van der Waals surface area (Å²) in [6.45, 7) is 7.23. The molecule has 52 valence electrons. The first-order valence-corrected chi connectivity index (χ1v) is 2.95. The van der Waals surface area contributed by atoms with Crippen molar-refractivity contribution in [3.8, 4) is 0 Å². The maximum absolute atomic E-state index is 4.99. The second-order valence-electron chi connectivity index (χ2n) is 1.39. The Morgan fingerprint density at radius 2 is 2.33 bits per heavy atom. The van der Waals surface area contributed by atoms with Gasteiger partial charge in [0, 0.05) is 6.61 Å². The summed E-state index contributed by atoms with van der Waals surface area (Å²) in [5.74, 6) is 0. The van der Waals surface area contributed by atoms with E-state index in [1.54, 1.807) is 0 Å². The highest BCUT2D eigenvalue weighted by Gasteiger charge is 1.80. The minimum Gasteiger partial charge on any atom is -0.491 e. The van der Waals surface area contributed by atoms with Crippen LogP contribution in [0.15, 0.2) is 18.6 Å². The van der Waals surface area contributed by atoms with Crippen molar-refractivity contribution in [3.63, 3.8) is 0 Å². The molecule has 0 atom stereocenters. The molecule has 0 bridgehead atoms. The molecule has 0 aromatic rings. The van der Waals surface area contributed by atoms with Crippen molar-refractivity contribution in [3.05, 3.63) is 18.6 Å². The Morgan fingerprint density at radius 1 is 1.56 bits per heavy atom. The Labute approximate surface area is 55.8 Å². The maximum atomic E-state index is 4.99. The molecule has 0 aromatic carbocycles. The van der Waals surface area contributed by atoms with Crippen LogP contribution in [0, 0.1) is 0 Å². The molecule has 2 nitrogen and oxygen atoms in total. The largest absolute Gasteiger partial charge is 0.491 e. The molecule has 0 aromatic heterocycles. The summed E-state index contributed by atoms with van der Waals surface area (Å²) in [5, 5.41) is 0. The molecule has 0 heterocycles. The average molecular weight is 128 g/mol. The highest BCUT2D eigenvalue weighted by molar-refractivity contribution is 4.63. The first-order chi connectivity index (χ1) is 4.41. The van der Waals surface area contributed by atoms with E-state index < -0.39 is 0 Å². The monoisotopic (exact) mass is 128 g/mol. The van der Waals surface area contributed by atoms with Gasteiger partial charge in [0.05, 0.1) is 6.61 Å². The Bertz CT molecular complexity index is 93.1. The number of hydrogen-bond acceptors (Lipinski definition) is 2. The zero-order valence-corrected chi connectivity index (χ0v) is 5.72. The molecule has 0 N–H and O–H groups in total. The number of hydrogen-bond donors (Lipinski definition) is 0. The first-order valence-electron chi connectivity index (χ1n) is 2.95. The van der Waals surface area contributed by atoms with Crippen molar-refractivity contribution in [1.29, 1.82) is 0 Å². The summed E-state index contributed by atoms with van der Waals surface area (Å²) >= 11 is 0. The Morgan fingerprint density at radius 3 is 2.89 bits per heavy atom. The molecule has 0 fully saturated rings. The van der Waals surface area contributed by atoms with Gasteiger partial charge in [-0.2, -0.15) is 0 Å². The molecule has 0 aliphatic carbocycles. The molecule has 0 aliphatic rings. The third-order valence-electron chi connectivity index (χ3n) is 0.716. The standard InChI is InChI=1S/C7H12O2/c1-3-5-9-7-6-8-4-2/h5H,1,4,6-7H2,2H3. The Balaban J connectivity index is 2.82. The van der Waals surface area contributed by atoms with Gasteiger partial charge in [0.25, 0.3) is 0 Å². The van der Waals surface area contributed by atoms with E-state index in [9.17, 15) is 0 Å². The predicted molar refractivity (Wildman–Crippen MR) is 36.2 cm³/mol. The van der Waals surface area contributed by atoms with Crippen LogP contribution < -0.4 is 0 Å². The van der Waals surface area contributed by atoms with Crippen molar-refractivity contribution in [2.45, 2.75) is 6.92 Å². The topological polar surface area (TPSA) is 18.5 Å². The van der Waals surface area contributed by atoms with E-state index in [0.29, 0.717) is 13.2 Å². The summed E-state index contributed by atoms with van der Waals surface area (Å²) in [5.41, 5.74) is 2.49. The lowest BCUT2D eigenvalue weighted by Crippen LogP contribution is -1.99. The Hall–Kier alpha value is -0.720. The highest BCUT2D eigenvalue weighted by atomic mass is 16.5. The van der Waals surface area contributed by atoms with Gasteiger partial charge in [-0.05, 0) is 6.92 Å². The van der Waals surface area contributed by atoms with Crippen LogP contribution in [0.25, 0.3) is 0 Å². The molecule has 0 unspecified atom stereocenters. The molecule has 0 spiro atoms. The van der Waals surface area contributed by atoms with Crippen molar-refractivity contribution in [2.24, 2.45) is 0 Å². The van der Waals surface area contributed by atoms with Gasteiger partial charge in [-0.15, -0.1) is 0 Å². The van der Waals surface area contributed by atoms with Crippen LogP contribution in [-0.2, 0) is 9.47 Å². The molecule has 0 radical (unpaired) electrons. The number of ether oxygens (including phenoxy) is 2. The molecule has 2 heteroatoms. The van der Waals surface area contributed by atoms with Gasteiger partial charge in [0.15, 0.2) is 0 Å². The van der Waals surface area contributed by atoms with Crippen LogP contribution >= 0.6 is 0 Å². The van der Waals surface area contributed by atoms with Gasteiger partial charge in [0.1, 0.15) is 12.9 Å². The van der Waals surface area contributed by atoms with Crippen LogP contribution in [0.1, 0.15) is 6.92 Å². The van der Waals surface area contributed by atoms with Crippen LogP contribution in [0.2, 0.25) is 0 Å². The van der Waals surface area contributed by atoms with Gasteiger partial charge in [-0.3, -0.25) is 0 Å².